The Labute approximate surface area is 85.5 Å². The molecule has 0 aromatic heterocycles. The van der Waals surface area contributed by atoms with Crippen LogP contribution in [0.2, 0.25) is 0 Å². The molecule has 2 aliphatic rings. The number of hydrogen-bond acceptors (Lipinski definition) is 1. The van der Waals surface area contributed by atoms with Crippen molar-refractivity contribution in [2.45, 2.75) is 25.7 Å². The van der Waals surface area contributed by atoms with Gasteiger partial charge in [-0.05, 0) is 54.8 Å². The van der Waals surface area contributed by atoms with Crippen LogP contribution in [0.4, 0.5) is 0 Å². The highest BCUT2D eigenvalue weighted by Crippen LogP contribution is 2.41. The van der Waals surface area contributed by atoms with Crippen LogP contribution in [-0.2, 0) is 6.42 Å². The maximum Gasteiger partial charge on any atom is 0.00230 e. The number of benzene rings is 1. The van der Waals surface area contributed by atoms with Crippen LogP contribution in [0.3, 0.4) is 0 Å². The molecule has 1 aromatic carbocycles. The van der Waals surface area contributed by atoms with Crippen LogP contribution < -0.4 is 5.32 Å². The van der Waals surface area contributed by atoms with Crippen LogP contribution in [0.25, 0.3) is 0 Å². The Kier molecular flexibility index (Phi) is 1.88. The van der Waals surface area contributed by atoms with Crippen LogP contribution in [0, 0.1) is 12.8 Å². The third-order valence-corrected chi connectivity index (χ3v) is 3.94. The number of nitrogens with one attached hydrogen (secondary N) is 1. The zero-order chi connectivity index (χ0) is 9.54. The van der Waals surface area contributed by atoms with E-state index in [4.69, 9.17) is 0 Å². The molecule has 0 bridgehead atoms. The standard InChI is InChI=1S/C13H17N/c1-9-3-2-4-11-12(9)7-10-5-6-14-8-13(10)11/h2-4,10,13-14H,5-8H2,1H3/t10-,13-/m0/s1. The van der Waals surface area contributed by atoms with Gasteiger partial charge in [-0.1, -0.05) is 18.2 Å². The Morgan fingerprint density at radius 2 is 2.29 bits per heavy atom. The summed E-state index contributed by atoms with van der Waals surface area (Å²) >= 11 is 0. The van der Waals surface area contributed by atoms with Gasteiger partial charge in [0.2, 0.25) is 0 Å². The molecule has 2 atom stereocenters. The van der Waals surface area contributed by atoms with E-state index in [0.29, 0.717) is 0 Å². The largest absolute Gasteiger partial charge is 0.316 e. The van der Waals surface area contributed by atoms with Crippen LogP contribution in [0.1, 0.15) is 29.0 Å². The number of fused-ring (bicyclic) bond motifs is 3. The fourth-order valence-electron chi connectivity index (χ4n) is 3.13. The molecule has 74 valence electrons. The topological polar surface area (TPSA) is 12.0 Å². The first kappa shape index (κ1) is 8.49. The maximum absolute atomic E-state index is 3.52. The van der Waals surface area contributed by atoms with E-state index in [9.17, 15) is 0 Å². The molecule has 1 heterocycles. The van der Waals surface area contributed by atoms with Gasteiger partial charge in [0, 0.05) is 6.54 Å². The highest BCUT2D eigenvalue weighted by Gasteiger charge is 2.34. The molecule has 0 unspecified atom stereocenters. The number of aryl methyl sites for hydroxylation is 1. The lowest BCUT2D eigenvalue weighted by Gasteiger charge is -2.26. The highest BCUT2D eigenvalue weighted by molar-refractivity contribution is 5.42. The predicted molar refractivity (Wildman–Crippen MR) is 58.6 cm³/mol. The molecule has 3 rings (SSSR count). The van der Waals surface area contributed by atoms with Crippen LogP contribution in [0.15, 0.2) is 18.2 Å². The van der Waals surface area contributed by atoms with Gasteiger partial charge in [0.1, 0.15) is 0 Å². The van der Waals surface area contributed by atoms with E-state index in [1.807, 2.05) is 0 Å². The molecule has 0 spiro atoms. The summed E-state index contributed by atoms with van der Waals surface area (Å²) in [5.74, 6) is 1.73. The first-order valence-electron chi connectivity index (χ1n) is 5.65. The summed E-state index contributed by atoms with van der Waals surface area (Å²) in [5.41, 5.74) is 4.77. The Hall–Kier alpha value is -0.820. The van der Waals surface area contributed by atoms with Gasteiger partial charge in [-0.15, -0.1) is 0 Å². The summed E-state index contributed by atoms with van der Waals surface area (Å²) in [4.78, 5) is 0. The normalized spacial score (nSPS) is 29.8. The van der Waals surface area contributed by atoms with E-state index in [0.717, 1.165) is 11.8 Å². The SMILES string of the molecule is Cc1cccc2c1C[C@@H]1CCNC[C@H]21. The van der Waals surface area contributed by atoms with Crippen molar-refractivity contribution in [3.8, 4) is 0 Å². The second-order valence-electron chi connectivity index (χ2n) is 4.71. The van der Waals surface area contributed by atoms with Gasteiger partial charge in [-0.3, -0.25) is 0 Å². The van der Waals surface area contributed by atoms with Crippen LogP contribution in [-0.4, -0.2) is 13.1 Å². The van der Waals surface area contributed by atoms with Crippen molar-refractivity contribution < 1.29 is 0 Å². The molecule has 1 fully saturated rings. The molecule has 1 N–H and O–H groups in total. The number of hydrogen-bond donors (Lipinski definition) is 1. The molecule has 0 radical (unpaired) electrons. The van der Waals surface area contributed by atoms with Crippen molar-refractivity contribution in [1.82, 2.24) is 5.32 Å². The minimum Gasteiger partial charge on any atom is -0.316 e. The third kappa shape index (κ3) is 1.12. The minimum absolute atomic E-state index is 0.804. The lowest BCUT2D eigenvalue weighted by atomic mass is 9.87. The van der Waals surface area contributed by atoms with Gasteiger partial charge >= 0.3 is 0 Å². The quantitative estimate of drug-likeness (QED) is 0.657. The molecule has 1 nitrogen and oxygen atoms in total. The Bertz CT molecular complexity index is 356. The van der Waals surface area contributed by atoms with Gasteiger partial charge in [-0.25, -0.2) is 0 Å². The summed E-state index contributed by atoms with van der Waals surface area (Å²) in [6.07, 6.45) is 2.69. The van der Waals surface area contributed by atoms with E-state index >= 15 is 0 Å². The van der Waals surface area contributed by atoms with Gasteiger partial charge in [-0.2, -0.15) is 0 Å². The predicted octanol–water partition coefficient (Wildman–Crippen LogP) is 2.24. The molecule has 1 aliphatic carbocycles. The van der Waals surface area contributed by atoms with Crippen molar-refractivity contribution in [2.75, 3.05) is 13.1 Å². The van der Waals surface area contributed by atoms with Crippen molar-refractivity contribution in [1.29, 1.82) is 0 Å². The third-order valence-electron chi connectivity index (χ3n) is 3.94. The van der Waals surface area contributed by atoms with E-state index in [1.165, 1.54) is 31.5 Å². The van der Waals surface area contributed by atoms with Crippen molar-refractivity contribution in [2.24, 2.45) is 5.92 Å². The zero-order valence-electron chi connectivity index (χ0n) is 8.72. The number of rotatable bonds is 0. The molecule has 1 aromatic rings. The average Bonchev–Trinajstić information content (AvgIpc) is 2.59. The van der Waals surface area contributed by atoms with Crippen molar-refractivity contribution in [3.63, 3.8) is 0 Å². The minimum atomic E-state index is 0.804. The first-order valence-corrected chi connectivity index (χ1v) is 5.65. The van der Waals surface area contributed by atoms with E-state index < -0.39 is 0 Å². The van der Waals surface area contributed by atoms with E-state index in [2.05, 4.69) is 30.4 Å². The van der Waals surface area contributed by atoms with Gasteiger partial charge in [0.15, 0.2) is 0 Å². The lowest BCUT2D eigenvalue weighted by molar-refractivity contribution is 0.347. The molecule has 1 saturated heterocycles. The summed E-state index contributed by atoms with van der Waals surface area (Å²) in [5, 5.41) is 3.52. The fourth-order valence-corrected chi connectivity index (χ4v) is 3.13. The van der Waals surface area contributed by atoms with Crippen molar-refractivity contribution >= 4 is 0 Å². The molecule has 0 amide bonds. The van der Waals surface area contributed by atoms with Gasteiger partial charge in [0.05, 0.1) is 0 Å². The van der Waals surface area contributed by atoms with E-state index in [1.54, 1.807) is 11.1 Å². The summed E-state index contributed by atoms with van der Waals surface area (Å²) in [7, 11) is 0. The molecular formula is C13H17N. The van der Waals surface area contributed by atoms with Crippen LogP contribution >= 0.6 is 0 Å². The summed E-state index contributed by atoms with van der Waals surface area (Å²) in [6, 6.07) is 6.80. The van der Waals surface area contributed by atoms with E-state index in [-0.39, 0.29) is 0 Å². The molecule has 1 heteroatoms. The smallest absolute Gasteiger partial charge is 0.00230 e. The average molecular weight is 187 g/mol. The molecular weight excluding hydrogens is 170 g/mol. The fraction of sp³-hybridized carbons (Fsp3) is 0.538. The summed E-state index contributed by atoms with van der Waals surface area (Å²) in [6.45, 7) is 4.67. The molecule has 1 aliphatic heterocycles. The maximum atomic E-state index is 3.52. The zero-order valence-corrected chi connectivity index (χ0v) is 8.72. The highest BCUT2D eigenvalue weighted by atomic mass is 14.9. The number of piperidine rings is 1. The molecule has 14 heavy (non-hydrogen) atoms. The Morgan fingerprint density at radius 3 is 3.21 bits per heavy atom. The Balaban J connectivity index is 2.05. The van der Waals surface area contributed by atoms with Crippen molar-refractivity contribution in [3.05, 3.63) is 34.9 Å². The Morgan fingerprint density at radius 1 is 1.36 bits per heavy atom. The summed E-state index contributed by atoms with van der Waals surface area (Å²) < 4.78 is 0. The van der Waals surface area contributed by atoms with Crippen LogP contribution in [0.5, 0.6) is 0 Å². The second-order valence-corrected chi connectivity index (χ2v) is 4.71. The lowest BCUT2D eigenvalue weighted by Crippen LogP contribution is -2.32. The molecule has 0 saturated carbocycles. The first-order chi connectivity index (χ1) is 6.86. The van der Waals surface area contributed by atoms with Gasteiger partial charge in [0.25, 0.3) is 0 Å². The van der Waals surface area contributed by atoms with Gasteiger partial charge < -0.3 is 5.32 Å². The second kappa shape index (κ2) is 3.09. The monoisotopic (exact) mass is 187 g/mol.